The molecular weight excluding hydrogens is 326 g/mol. The molecule has 0 aliphatic carbocycles. The summed E-state index contributed by atoms with van der Waals surface area (Å²) >= 11 is 8.67. The van der Waals surface area contributed by atoms with Crippen LogP contribution < -0.4 is 5.32 Å². The van der Waals surface area contributed by atoms with Crippen molar-refractivity contribution < 1.29 is 4.79 Å². The summed E-state index contributed by atoms with van der Waals surface area (Å²) in [7, 11) is 0. The molecule has 0 unspecified atom stereocenters. The molecule has 2 aromatic heterocycles. The number of hydrogen-bond acceptors (Lipinski definition) is 5. The molecule has 0 saturated heterocycles. The van der Waals surface area contributed by atoms with Crippen LogP contribution in [0.3, 0.4) is 0 Å². The maximum absolute atomic E-state index is 12.2. The van der Waals surface area contributed by atoms with E-state index in [0.717, 1.165) is 22.7 Å². The average Bonchev–Trinajstić information content (AvgIpc) is 3.19. The number of nitrogens with zero attached hydrogens (tertiary/aromatic N) is 2. The van der Waals surface area contributed by atoms with Gasteiger partial charge in [0.25, 0.3) is 5.91 Å². The highest BCUT2D eigenvalue weighted by atomic mass is 35.5. The lowest BCUT2D eigenvalue weighted by Crippen LogP contribution is -2.29. The molecule has 1 N–H and O–H groups in total. The molecule has 7 heteroatoms. The maximum atomic E-state index is 12.2. The lowest BCUT2D eigenvalue weighted by atomic mass is 10.0. The number of nitrogens with one attached hydrogen (secondary N) is 1. The van der Waals surface area contributed by atoms with Crippen LogP contribution in [0.2, 0.25) is 5.02 Å². The second-order valence-electron chi connectivity index (χ2n) is 4.30. The Morgan fingerprint density at radius 2 is 1.95 bits per heavy atom. The SMILES string of the molecule is O=C(N[C@@H](c1ccc(Cl)cc1)c1ccsc1)c1csnn1. The summed E-state index contributed by atoms with van der Waals surface area (Å²) < 4.78 is 3.71. The van der Waals surface area contributed by atoms with Gasteiger partial charge in [-0.15, -0.1) is 5.10 Å². The lowest BCUT2D eigenvalue weighted by Gasteiger charge is -2.18. The fourth-order valence-electron chi connectivity index (χ4n) is 1.92. The van der Waals surface area contributed by atoms with Crippen molar-refractivity contribution in [2.45, 2.75) is 6.04 Å². The first-order valence-electron chi connectivity index (χ1n) is 6.09. The topological polar surface area (TPSA) is 54.9 Å². The third-order valence-corrected chi connectivity index (χ3v) is 4.41. The van der Waals surface area contributed by atoms with Crippen molar-refractivity contribution >= 4 is 40.4 Å². The van der Waals surface area contributed by atoms with Crippen molar-refractivity contribution in [1.82, 2.24) is 14.9 Å². The van der Waals surface area contributed by atoms with E-state index in [9.17, 15) is 4.79 Å². The molecule has 1 atom stereocenters. The highest BCUT2D eigenvalue weighted by molar-refractivity contribution is 7.08. The molecule has 3 aromatic rings. The first kappa shape index (κ1) is 14.2. The Balaban J connectivity index is 1.90. The second kappa shape index (κ2) is 6.34. The summed E-state index contributed by atoms with van der Waals surface area (Å²) in [5.74, 6) is -0.241. The zero-order valence-electron chi connectivity index (χ0n) is 10.7. The summed E-state index contributed by atoms with van der Waals surface area (Å²) in [4.78, 5) is 12.2. The van der Waals surface area contributed by atoms with Crippen LogP contribution in [0.5, 0.6) is 0 Å². The van der Waals surface area contributed by atoms with Gasteiger partial charge in [0.1, 0.15) is 0 Å². The van der Waals surface area contributed by atoms with Crippen LogP contribution in [0.15, 0.2) is 46.5 Å². The second-order valence-corrected chi connectivity index (χ2v) is 6.13. The monoisotopic (exact) mass is 335 g/mol. The first-order chi connectivity index (χ1) is 10.2. The van der Waals surface area contributed by atoms with Gasteiger partial charge in [-0.05, 0) is 51.6 Å². The van der Waals surface area contributed by atoms with Crippen LogP contribution in [0.4, 0.5) is 0 Å². The van der Waals surface area contributed by atoms with Crippen LogP contribution in [0.1, 0.15) is 27.7 Å². The minimum atomic E-state index is -0.241. The fraction of sp³-hybridized carbons (Fsp3) is 0.0714. The van der Waals surface area contributed by atoms with Crippen molar-refractivity contribution in [3.05, 3.63) is 68.3 Å². The van der Waals surface area contributed by atoms with Gasteiger partial charge in [0.05, 0.1) is 6.04 Å². The third-order valence-electron chi connectivity index (χ3n) is 2.95. The molecule has 0 radical (unpaired) electrons. The van der Waals surface area contributed by atoms with E-state index >= 15 is 0 Å². The zero-order chi connectivity index (χ0) is 14.7. The molecule has 1 aromatic carbocycles. The van der Waals surface area contributed by atoms with Gasteiger partial charge < -0.3 is 5.32 Å². The Morgan fingerprint density at radius 3 is 2.57 bits per heavy atom. The molecule has 106 valence electrons. The van der Waals surface area contributed by atoms with Gasteiger partial charge in [-0.2, -0.15) is 11.3 Å². The summed E-state index contributed by atoms with van der Waals surface area (Å²) in [6.07, 6.45) is 0. The lowest BCUT2D eigenvalue weighted by molar-refractivity contribution is 0.0938. The van der Waals surface area contributed by atoms with Gasteiger partial charge in [-0.1, -0.05) is 28.2 Å². The third kappa shape index (κ3) is 3.29. The van der Waals surface area contributed by atoms with E-state index in [1.165, 1.54) is 0 Å². The van der Waals surface area contributed by atoms with Crippen molar-refractivity contribution in [3.8, 4) is 0 Å². The molecule has 0 fully saturated rings. The van der Waals surface area contributed by atoms with Gasteiger partial charge in [0.2, 0.25) is 0 Å². The predicted octanol–water partition coefficient (Wildman–Crippen LogP) is 3.77. The van der Waals surface area contributed by atoms with Crippen LogP contribution >= 0.6 is 34.5 Å². The molecule has 0 saturated carbocycles. The number of thiophene rings is 1. The fourth-order valence-corrected chi connectivity index (χ4v) is 3.17. The van der Waals surface area contributed by atoms with Crippen LogP contribution in [0.25, 0.3) is 0 Å². The highest BCUT2D eigenvalue weighted by Gasteiger charge is 2.19. The van der Waals surface area contributed by atoms with Gasteiger partial charge in [0.15, 0.2) is 5.69 Å². The molecule has 3 rings (SSSR count). The summed E-state index contributed by atoms with van der Waals surface area (Å²) in [6.45, 7) is 0. The largest absolute Gasteiger partial charge is 0.340 e. The molecule has 0 aliphatic rings. The molecule has 1 amide bonds. The standard InChI is InChI=1S/C14H10ClN3OS2/c15-11-3-1-9(2-4-11)13(10-5-6-20-7-10)16-14(19)12-8-21-18-17-12/h1-8,13H,(H,16,19)/t13-/m0/s1. The minimum absolute atomic E-state index is 0.234. The van der Waals surface area contributed by atoms with Crippen molar-refractivity contribution in [2.75, 3.05) is 0 Å². The Kier molecular flexibility index (Phi) is 4.28. The number of benzene rings is 1. The van der Waals surface area contributed by atoms with Gasteiger partial charge >= 0.3 is 0 Å². The number of carbonyl (C=O) groups is 1. The normalized spacial score (nSPS) is 12.0. The van der Waals surface area contributed by atoms with Gasteiger partial charge in [-0.3, -0.25) is 4.79 Å². The Hall–Kier alpha value is -1.76. The predicted molar refractivity (Wildman–Crippen MR) is 85.0 cm³/mol. The van der Waals surface area contributed by atoms with Crippen LogP contribution in [0, 0.1) is 0 Å². The van der Waals surface area contributed by atoms with E-state index in [-0.39, 0.29) is 11.9 Å². The maximum Gasteiger partial charge on any atom is 0.273 e. The molecule has 21 heavy (non-hydrogen) atoms. The Labute approximate surface area is 134 Å². The summed E-state index contributed by atoms with van der Waals surface area (Å²) in [6, 6.07) is 9.19. The first-order valence-corrected chi connectivity index (χ1v) is 8.25. The minimum Gasteiger partial charge on any atom is -0.340 e. The van der Waals surface area contributed by atoms with Gasteiger partial charge in [-0.25, -0.2) is 0 Å². The molecular formula is C14H10ClN3OS2. The highest BCUT2D eigenvalue weighted by Crippen LogP contribution is 2.25. The number of carbonyl (C=O) groups excluding carboxylic acids is 1. The number of amides is 1. The van der Waals surface area contributed by atoms with E-state index in [1.807, 2.05) is 41.1 Å². The molecule has 4 nitrogen and oxygen atoms in total. The van der Waals surface area contributed by atoms with Crippen molar-refractivity contribution in [1.29, 1.82) is 0 Å². The molecule has 0 bridgehead atoms. The number of aromatic nitrogens is 2. The smallest absolute Gasteiger partial charge is 0.273 e. The molecule has 0 spiro atoms. The quantitative estimate of drug-likeness (QED) is 0.789. The average molecular weight is 336 g/mol. The van der Waals surface area contributed by atoms with E-state index in [1.54, 1.807) is 16.7 Å². The van der Waals surface area contributed by atoms with E-state index < -0.39 is 0 Å². The van der Waals surface area contributed by atoms with Crippen molar-refractivity contribution in [3.63, 3.8) is 0 Å². The number of halogens is 1. The molecule has 2 heterocycles. The molecule has 0 aliphatic heterocycles. The summed E-state index contributed by atoms with van der Waals surface area (Å²) in [5, 5.41) is 13.1. The Morgan fingerprint density at radius 1 is 1.14 bits per heavy atom. The van der Waals surface area contributed by atoms with E-state index in [0.29, 0.717) is 10.7 Å². The van der Waals surface area contributed by atoms with Crippen LogP contribution in [-0.4, -0.2) is 15.5 Å². The van der Waals surface area contributed by atoms with E-state index in [4.69, 9.17) is 11.6 Å². The van der Waals surface area contributed by atoms with E-state index in [2.05, 4.69) is 14.9 Å². The van der Waals surface area contributed by atoms with Crippen molar-refractivity contribution in [2.24, 2.45) is 0 Å². The number of rotatable bonds is 4. The van der Waals surface area contributed by atoms with Crippen LogP contribution in [-0.2, 0) is 0 Å². The Bertz CT molecular complexity index is 711. The summed E-state index contributed by atoms with van der Waals surface area (Å²) in [5.41, 5.74) is 2.32. The number of hydrogen-bond donors (Lipinski definition) is 1. The van der Waals surface area contributed by atoms with Gasteiger partial charge in [0, 0.05) is 10.4 Å². The zero-order valence-corrected chi connectivity index (χ0v) is 13.1.